The number of nitrogens with zero attached hydrogens (tertiary/aromatic N) is 2. The van der Waals surface area contributed by atoms with Gasteiger partial charge in [0.1, 0.15) is 7.85 Å². The van der Waals surface area contributed by atoms with E-state index in [9.17, 15) is 4.79 Å². The van der Waals surface area contributed by atoms with Gasteiger partial charge < -0.3 is 4.57 Å². The maximum Gasteiger partial charge on any atom is 0.259 e. The van der Waals surface area contributed by atoms with E-state index in [1.165, 1.54) is 0 Å². The summed E-state index contributed by atoms with van der Waals surface area (Å²) < 4.78 is 1.58. The van der Waals surface area contributed by atoms with Crippen LogP contribution in [0.25, 0.3) is 10.8 Å². The van der Waals surface area contributed by atoms with Gasteiger partial charge in [-0.25, -0.2) is 0 Å². The molecule has 0 atom stereocenters. The van der Waals surface area contributed by atoms with E-state index < -0.39 is 0 Å². The van der Waals surface area contributed by atoms with Gasteiger partial charge in [-0.05, 0) is 11.5 Å². The van der Waals surface area contributed by atoms with Crippen LogP contribution in [0.5, 0.6) is 0 Å². The number of hydrogen-bond donors (Lipinski definition) is 0. The first-order valence-electron chi connectivity index (χ1n) is 4.10. The summed E-state index contributed by atoms with van der Waals surface area (Å²) in [4.78, 5) is 15.5. The van der Waals surface area contributed by atoms with Crippen molar-refractivity contribution in [1.82, 2.24) is 9.55 Å². The third-order valence-corrected chi connectivity index (χ3v) is 2.18. The molecule has 0 spiro atoms. The zero-order valence-electron chi connectivity index (χ0n) is 7.61. The minimum Gasteiger partial charge on any atom is -0.319 e. The summed E-state index contributed by atoms with van der Waals surface area (Å²) in [6, 6.07) is 1.87. The van der Waals surface area contributed by atoms with Crippen LogP contribution in [0.15, 0.2) is 29.5 Å². The third-order valence-electron chi connectivity index (χ3n) is 2.18. The van der Waals surface area contributed by atoms with E-state index in [2.05, 4.69) is 4.98 Å². The van der Waals surface area contributed by atoms with Crippen LogP contribution in [0.2, 0.25) is 0 Å². The Labute approximate surface area is 76.4 Å². The fourth-order valence-corrected chi connectivity index (χ4v) is 1.52. The van der Waals surface area contributed by atoms with Gasteiger partial charge in [-0.3, -0.25) is 9.78 Å². The molecule has 0 saturated heterocycles. The molecular formula is C9H9BN2O. The van der Waals surface area contributed by atoms with E-state index >= 15 is 0 Å². The van der Waals surface area contributed by atoms with Gasteiger partial charge in [0.15, 0.2) is 0 Å². The van der Waals surface area contributed by atoms with Gasteiger partial charge in [0.2, 0.25) is 0 Å². The first-order chi connectivity index (χ1) is 6.20. The number of aryl methyl sites for hydroxylation is 1. The van der Waals surface area contributed by atoms with Crippen LogP contribution in [0.1, 0.15) is 0 Å². The first kappa shape index (κ1) is 8.04. The fourth-order valence-electron chi connectivity index (χ4n) is 1.52. The van der Waals surface area contributed by atoms with Crippen molar-refractivity contribution in [3.8, 4) is 0 Å². The molecular weight excluding hydrogens is 163 g/mol. The Balaban J connectivity index is 3.06. The molecule has 0 aromatic carbocycles. The summed E-state index contributed by atoms with van der Waals surface area (Å²) in [5, 5.41) is 1.67. The van der Waals surface area contributed by atoms with Crippen LogP contribution in [0.4, 0.5) is 0 Å². The second-order valence-electron chi connectivity index (χ2n) is 3.15. The van der Waals surface area contributed by atoms with Crippen molar-refractivity contribution < 1.29 is 0 Å². The zero-order valence-corrected chi connectivity index (χ0v) is 7.61. The number of aromatic nitrogens is 2. The second-order valence-corrected chi connectivity index (χ2v) is 3.15. The van der Waals surface area contributed by atoms with E-state index in [1.54, 1.807) is 24.0 Å². The highest BCUT2D eigenvalue weighted by Gasteiger charge is 2.02. The lowest BCUT2D eigenvalue weighted by Gasteiger charge is -2.03. The highest BCUT2D eigenvalue weighted by Crippen LogP contribution is 2.02. The molecule has 0 unspecified atom stereocenters. The molecule has 64 valence electrons. The van der Waals surface area contributed by atoms with Crippen LogP contribution in [0.3, 0.4) is 0 Å². The normalized spacial score (nSPS) is 10.5. The van der Waals surface area contributed by atoms with Crippen LogP contribution < -0.4 is 11.0 Å². The molecule has 0 fully saturated rings. The first-order valence-corrected chi connectivity index (χ1v) is 4.10. The van der Waals surface area contributed by atoms with E-state index in [0.29, 0.717) is 5.39 Å². The smallest absolute Gasteiger partial charge is 0.259 e. The average molecular weight is 172 g/mol. The maximum absolute atomic E-state index is 11.6. The summed E-state index contributed by atoms with van der Waals surface area (Å²) in [5.74, 6) is 0. The molecule has 0 aliphatic carbocycles. The Morgan fingerprint density at radius 1 is 1.46 bits per heavy atom. The fraction of sp³-hybridized carbons (Fsp3) is 0.111. The molecule has 0 bridgehead atoms. The number of pyridine rings is 2. The average Bonchev–Trinajstić information content (AvgIpc) is 2.15. The van der Waals surface area contributed by atoms with Crippen LogP contribution in [-0.2, 0) is 7.05 Å². The van der Waals surface area contributed by atoms with Crippen molar-refractivity contribution in [3.05, 3.63) is 35.0 Å². The van der Waals surface area contributed by atoms with Crippen LogP contribution >= 0.6 is 0 Å². The molecule has 3 nitrogen and oxygen atoms in total. The Morgan fingerprint density at radius 2 is 2.23 bits per heavy atom. The van der Waals surface area contributed by atoms with Gasteiger partial charge in [-0.15, -0.1) is 0 Å². The molecule has 0 saturated carbocycles. The van der Waals surface area contributed by atoms with E-state index in [0.717, 1.165) is 10.8 Å². The standard InChI is InChI=1S/C9H9BN2O/c1-12-5-8(10)6-2-3-11-4-7(6)9(12)13/h2-5H,10H2,1H3. The van der Waals surface area contributed by atoms with E-state index in [1.807, 2.05) is 20.1 Å². The van der Waals surface area contributed by atoms with Crippen molar-refractivity contribution in [3.63, 3.8) is 0 Å². The zero-order chi connectivity index (χ0) is 9.42. The molecule has 0 aliphatic rings. The van der Waals surface area contributed by atoms with Gasteiger partial charge >= 0.3 is 0 Å². The van der Waals surface area contributed by atoms with Crippen molar-refractivity contribution in [1.29, 1.82) is 0 Å². The second kappa shape index (κ2) is 2.73. The quantitative estimate of drug-likeness (QED) is 0.487. The largest absolute Gasteiger partial charge is 0.319 e. The summed E-state index contributed by atoms with van der Waals surface area (Å²) in [7, 11) is 3.74. The number of rotatable bonds is 0. The Kier molecular flexibility index (Phi) is 1.69. The molecule has 0 amide bonds. The monoisotopic (exact) mass is 172 g/mol. The summed E-state index contributed by atoms with van der Waals surface area (Å²) >= 11 is 0. The predicted octanol–water partition coefficient (Wildman–Crippen LogP) is -0.808. The van der Waals surface area contributed by atoms with Gasteiger partial charge in [0.25, 0.3) is 5.56 Å². The molecule has 2 rings (SSSR count). The van der Waals surface area contributed by atoms with Crippen LogP contribution in [-0.4, -0.2) is 17.4 Å². The molecule has 2 heterocycles. The van der Waals surface area contributed by atoms with Crippen LogP contribution in [0, 0.1) is 0 Å². The Bertz CT molecular complexity index is 518. The summed E-state index contributed by atoms with van der Waals surface area (Å²) in [6.45, 7) is 0. The maximum atomic E-state index is 11.6. The minimum atomic E-state index is 0.00806. The Hall–Kier alpha value is -1.58. The molecule has 13 heavy (non-hydrogen) atoms. The molecule has 4 heteroatoms. The topological polar surface area (TPSA) is 34.9 Å². The van der Waals surface area contributed by atoms with E-state index in [4.69, 9.17) is 0 Å². The SMILES string of the molecule is Bc1cn(C)c(=O)c2cnccc12. The third kappa shape index (κ3) is 1.14. The lowest BCUT2D eigenvalue weighted by Crippen LogP contribution is -2.23. The minimum absolute atomic E-state index is 0.00806. The predicted molar refractivity (Wildman–Crippen MR) is 55.2 cm³/mol. The van der Waals surface area contributed by atoms with Crippen molar-refractivity contribution in [2.24, 2.45) is 7.05 Å². The molecule has 2 aromatic rings. The van der Waals surface area contributed by atoms with Gasteiger partial charge in [-0.1, -0.05) is 5.46 Å². The summed E-state index contributed by atoms with van der Waals surface area (Å²) in [6.07, 6.45) is 5.16. The molecule has 0 aliphatic heterocycles. The number of hydrogen-bond acceptors (Lipinski definition) is 2. The summed E-state index contributed by atoms with van der Waals surface area (Å²) in [5.41, 5.74) is 1.10. The highest BCUT2D eigenvalue weighted by atomic mass is 16.1. The molecule has 0 N–H and O–H groups in total. The lowest BCUT2D eigenvalue weighted by atomic mass is 9.93. The van der Waals surface area contributed by atoms with Crippen molar-refractivity contribution in [2.75, 3.05) is 0 Å². The molecule has 2 aromatic heterocycles. The number of fused-ring (bicyclic) bond motifs is 1. The highest BCUT2D eigenvalue weighted by molar-refractivity contribution is 6.38. The van der Waals surface area contributed by atoms with Gasteiger partial charge in [0.05, 0.1) is 5.39 Å². The van der Waals surface area contributed by atoms with Gasteiger partial charge in [0, 0.05) is 25.6 Å². The Morgan fingerprint density at radius 3 is 3.00 bits per heavy atom. The van der Waals surface area contributed by atoms with E-state index in [-0.39, 0.29) is 5.56 Å². The van der Waals surface area contributed by atoms with Gasteiger partial charge in [-0.2, -0.15) is 0 Å². The van der Waals surface area contributed by atoms with Crippen molar-refractivity contribution in [2.45, 2.75) is 0 Å². The lowest BCUT2D eigenvalue weighted by molar-refractivity contribution is 0.877. The molecule has 0 radical (unpaired) electrons. The van der Waals surface area contributed by atoms with Crippen molar-refractivity contribution >= 4 is 24.1 Å².